The SMILES string of the molecule is CC(O)CC1OC(C)(C)OC1/C=C/C(=O)O. The zero-order valence-corrected chi connectivity index (χ0v) is 9.71. The first-order valence-electron chi connectivity index (χ1n) is 5.25. The molecule has 1 heterocycles. The zero-order chi connectivity index (χ0) is 12.3. The Bertz CT molecular complexity index is 282. The molecule has 2 N–H and O–H groups in total. The van der Waals surface area contributed by atoms with Crippen molar-refractivity contribution in [2.24, 2.45) is 0 Å². The highest BCUT2D eigenvalue weighted by Crippen LogP contribution is 2.31. The van der Waals surface area contributed by atoms with Crippen LogP contribution in [0.5, 0.6) is 0 Å². The van der Waals surface area contributed by atoms with Crippen LogP contribution in [0.25, 0.3) is 0 Å². The molecule has 0 bridgehead atoms. The number of hydrogen-bond acceptors (Lipinski definition) is 4. The number of ether oxygens (including phenoxy) is 2. The van der Waals surface area contributed by atoms with E-state index in [-0.39, 0.29) is 6.10 Å². The van der Waals surface area contributed by atoms with Crippen LogP contribution in [0.15, 0.2) is 12.2 Å². The smallest absolute Gasteiger partial charge is 0.328 e. The first kappa shape index (κ1) is 13.2. The maximum absolute atomic E-state index is 10.4. The quantitative estimate of drug-likeness (QED) is 0.702. The average molecular weight is 230 g/mol. The van der Waals surface area contributed by atoms with E-state index in [1.165, 1.54) is 6.08 Å². The van der Waals surface area contributed by atoms with Crippen LogP contribution in [-0.4, -0.2) is 40.3 Å². The summed E-state index contributed by atoms with van der Waals surface area (Å²) in [6.07, 6.45) is 1.64. The van der Waals surface area contributed by atoms with E-state index in [0.29, 0.717) is 6.42 Å². The Morgan fingerprint density at radius 1 is 1.50 bits per heavy atom. The molecule has 0 spiro atoms. The second-order valence-corrected chi connectivity index (χ2v) is 4.42. The molecular formula is C11H18O5. The van der Waals surface area contributed by atoms with Crippen LogP contribution in [0.1, 0.15) is 27.2 Å². The van der Waals surface area contributed by atoms with Gasteiger partial charge in [-0.2, -0.15) is 0 Å². The predicted molar refractivity (Wildman–Crippen MR) is 56.9 cm³/mol. The van der Waals surface area contributed by atoms with Crippen LogP contribution >= 0.6 is 0 Å². The summed E-state index contributed by atoms with van der Waals surface area (Å²) in [6, 6.07) is 0. The first-order valence-corrected chi connectivity index (χ1v) is 5.25. The van der Waals surface area contributed by atoms with Crippen molar-refractivity contribution in [1.82, 2.24) is 0 Å². The van der Waals surface area contributed by atoms with Crippen molar-refractivity contribution in [3.05, 3.63) is 12.2 Å². The molecule has 0 aromatic rings. The van der Waals surface area contributed by atoms with Gasteiger partial charge in [-0.15, -0.1) is 0 Å². The van der Waals surface area contributed by atoms with Gasteiger partial charge in [0.05, 0.1) is 12.2 Å². The van der Waals surface area contributed by atoms with E-state index in [2.05, 4.69) is 0 Å². The zero-order valence-electron chi connectivity index (χ0n) is 9.71. The Morgan fingerprint density at radius 3 is 2.62 bits per heavy atom. The molecular weight excluding hydrogens is 212 g/mol. The van der Waals surface area contributed by atoms with Crippen LogP contribution < -0.4 is 0 Å². The minimum Gasteiger partial charge on any atom is -0.478 e. The van der Waals surface area contributed by atoms with E-state index in [9.17, 15) is 9.90 Å². The Balaban J connectivity index is 2.68. The molecule has 1 saturated heterocycles. The molecule has 0 aliphatic carbocycles. The van der Waals surface area contributed by atoms with E-state index in [0.717, 1.165) is 6.08 Å². The van der Waals surface area contributed by atoms with Gasteiger partial charge in [-0.05, 0) is 26.8 Å². The number of carbonyl (C=O) groups is 1. The first-order chi connectivity index (χ1) is 7.30. The molecule has 1 fully saturated rings. The second-order valence-electron chi connectivity index (χ2n) is 4.42. The number of rotatable bonds is 4. The molecule has 5 heteroatoms. The van der Waals surface area contributed by atoms with Gasteiger partial charge in [0.25, 0.3) is 0 Å². The molecule has 1 rings (SSSR count). The summed E-state index contributed by atoms with van der Waals surface area (Å²) in [7, 11) is 0. The van der Waals surface area contributed by atoms with Crippen molar-refractivity contribution in [2.45, 2.75) is 51.3 Å². The monoisotopic (exact) mass is 230 g/mol. The molecule has 0 amide bonds. The number of carboxylic acids is 1. The highest BCUT2D eigenvalue weighted by molar-refractivity contribution is 5.79. The van der Waals surface area contributed by atoms with Crippen LogP contribution in [0.4, 0.5) is 0 Å². The van der Waals surface area contributed by atoms with Gasteiger partial charge < -0.3 is 19.7 Å². The van der Waals surface area contributed by atoms with Crippen molar-refractivity contribution < 1.29 is 24.5 Å². The van der Waals surface area contributed by atoms with Gasteiger partial charge in [0.1, 0.15) is 6.10 Å². The van der Waals surface area contributed by atoms with E-state index < -0.39 is 24.0 Å². The Labute approximate surface area is 94.7 Å². The lowest BCUT2D eigenvalue weighted by Gasteiger charge is -2.17. The summed E-state index contributed by atoms with van der Waals surface area (Å²) in [6.45, 7) is 5.18. The van der Waals surface area contributed by atoms with Crippen molar-refractivity contribution in [3.8, 4) is 0 Å². The number of aliphatic carboxylic acids is 1. The molecule has 1 aliphatic rings. The van der Waals surface area contributed by atoms with E-state index >= 15 is 0 Å². The lowest BCUT2D eigenvalue weighted by atomic mass is 10.1. The minimum atomic E-state index is -1.02. The summed E-state index contributed by atoms with van der Waals surface area (Å²) in [5.74, 6) is -1.77. The molecule has 1 aliphatic heterocycles. The van der Waals surface area contributed by atoms with E-state index in [4.69, 9.17) is 14.6 Å². The number of aliphatic hydroxyl groups is 1. The summed E-state index contributed by atoms with van der Waals surface area (Å²) < 4.78 is 11.1. The molecule has 0 aromatic carbocycles. The fourth-order valence-corrected chi connectivity index (χ4v) is 1.72. The molecule has 92 valence electrons. The molecule has 5 nitrogen and oxygen atoms in total. The number of carboxylic acid groups (broad SMARTS) is 1. The number of aliphatic hydroxyl groups excluding tert-OH is 1. The lowest BCUT2D eigenvalue weighted by Crippen LogP contribution is -2.25. The summed E-state index contributed by atoms with van der Waals surface area (Å²) >= 11 is 0. The maximum Gasteiger partial charge on any atom is 0.328 e. The largest absolute Gasteiger partial charge is 0.478 e. The van der Waals surface area contributed by atoms with Crippen LogP contribution in [-0.2, 0) is 14.3 Å². The summed E-state index contributed by atoms with van der Waals surface area (Å²) in [4.78, 5) is 10.4. The van der Waals surface area contributed by atoms with E-state index in [1.54, 1.807) is 20.8 Å². The Hall–Kier alpha value is -0.910. The maximum atomic E-state index is 10.4. The van der Waals surface area contributed by atoms with Crippen LogP contribution in [0.2, 0.25) is 0 Å². The average Bonchev–Trinajstić information content (AvgIpc) is 2.36. The minimum absolute atomic E-state index is 0.314. The highest BCUT2D eigenvalue weighted by Gasteiger charge is 2.40. The van der Waals surface area contributed by atoms with Gasteiger partial charge in [-0.3, -0.25) is 0 Å². The topological polar surface area (TPSA) is 76.0 Å². The fraction of sp³-hybridized carbons (Fsp3) is 0.727. The molecule has 0 aromatic heterocycles. The highest BCUT2D eigenvalue weighted by atomic mass is 16.7. The second kappa shape index (κ2) is 4.95. The fourth-order valence-electron chi connectivity index (χ4n) is 1.72. The van der Waals surface area contributed by atoms with Crippen LogP contribution in [0.3, 0.4) is 0 Å². The number of hydrogen-bond donors (Lipinski definition) is 2. The van der Waals surface area contributed by atoms with Crippen molar-refractivity contribution in [3.63, 3.8) is 0 Å². The van der Waals surface area contributed by atoms with Crippen molar-refractivity contribution in [1.29, 1.82) is 0 Å². The third-order valence-corrected chi connectivity index (χ3v) is 2.22. The standard InChI is InChI=1S/C11H18O5/c1-7(12)6-9-8(4-5-10(13)14)15-11(2,3)16-9/h4-5,7-9,12H,6H2,1-3H3,(H,13,14)/b5-4+. The molecule has 0 saturated carbocycles. The molecule has 16 heavy (non-hydrogen) atoms. The van der Waals surface area contributed by atoms with Gasteiger partial charge >= 0.3 is 5.97 Å². The molecule has 3 atom stereocenters. The van der Waals surface area contributed by atoms with Gasteiger partial charge in [0.15, 0.2) is 5.79 Å². The van der Waals surface area contributed by atoms with Gasteiger partial charge in [0, 0.05) is 12.5 Å². The van der Waals surface area contributed by atoms with Gasteiger partial charge in [-0.25, -0.2) is 4.79 Å². The Kier molecular flexibility index (Phi) is 4.07. The lowest BCUT2D eigenvalue weighted by molar-refractivity contribution is -0.145. The summed E-state index contributed by atoms with van der Waals surface area (Å²) in [5.41, 5.74) is 0. The van der Waals surface area contributed by atoms with Crippen molar-refractivity contribution >= 4 is 5.97 Å². The third-order valence-electron chi connectivity index (χ3n) is 2.22. The van der Waals surface area contributed by atoms with Crippen molar-refractivity contribution in [2.75, 3.05) is 0 Å². The normalized spacial score (nSPS) is 30.8. The van der Waals surface area contributed by atoms with Crippen LogP contribution in [0, 0.1) is 0 Å². The third kappa shape index (κ3) is 3.92. The van der Waals surface area contributed by atoms with Gasteiger partial charge in [0.2, 0.25) is 0 Å². The predicted octanol–water partition coefficient (Wildman–Crippen LogP) is 0.918. The molecule has 3 unspecified atom stereocenters. The Morgan fingerprint density at radius 2 is 2.12 bits per heavy atom. The van der Waals surface area contributed by atoms with E-state index in [1.807, 2.05) is 0 Å². The van der Waals surface area contributed by atoms with Gasteiger partial charge in [-0.1, -0.05) is 0 Å². The molecule has 0 radical (unpaired) electrons. The summed E-state index contributed by atoms with van der Waals surface area (Å²) in [5, 5.41) is 17.8.